The van der Waals surface area contributed by atoms with Crippen molar-refractivity contribution in [1.29, 1.82) is 5.26 Å². The molecule has 0 aromatic heterocycles. The summed E-state index contributed by atoms with van der Waals surface area (Å²) in [7, 11) is 3.79. The van der Waals surface area contributed by atoms with Gasteiger partial charge >= 0.3 is 0 Å². The first-order valence-electron chi connectivity index (χ1n) is 14.0. The van der Waals surface area contributed by atoms with Crippen LogP contribution in [0.1, 0.15) is 42.9 Å². The predicted octanol–water partition coefficient (Wildman–Crippen LogP) is 3.35. The zero-order valence-electron chi connectivity index (χ0n) is 23.1. The summed E-state index contributed by atoms with van der Waals surface area (Å²) in [5, 5.41) is 15.6. The Balaban J connectivity index is 1.26. The van der Waals surface area contributed by atoms with Gasteiger partial charge in [0.1, 0.15) is 18.0 Å². The van der Waals surface area contributed by atoms with Crippen molar-refractivity contribution in [1.82, 2.24) is 15.5 Å². The Morgan fingerprint density at radius 3 is 2.72 bits per heavy atom. The van der Waals surface area contributed by atoms with Crippen molar-refractivity contribution in [2.75, 3.05) is 40.4 Å². The normalized spacial score (nSPS) is 25.5. The van der Waals surface area contributed by atoms with Crippen LogP contribution in [0.5, 0.6) is 0 Å². The summed E-state index contributed by atoms with van der Waals surface area (Å²) in [5.41, 5.74) is 5.34. The monoisotopic (exact) mass is 534 g/mol. The van der Waals surface area contributed by atoms with Crippen LogP contribution in [0, 0.1) is 17.1 Å². The molecule has 39 heavy (non-hydrogen) atoms. The number of amides is 1. The van der Waals surface area contributed by atoms with E-state index in [1.54, 1.807) is 19.2 Å². The van der Waals surface area contributed by atoms with E-state index in [4.69, 9.17) is 9.47 Å². The number of piperidine rings is 1. The summed E-state index contributed by atoms with van der Waals surface area (Å²) in [6, 6.07) is 13.0. The van der Waals surface area contributed by atoms with Gasteiger partial charge in [0.25, 0.3) is 5.91 Å². The number of benzene rings is 2. The van der Waals surface area contributed by atoms with Crippen molar-refractivity contribution in [2.45, 2.75) is 68.7 Å². The van der Waals surface area contributed by atoms with E-state index in [0.717, 1.165) is 30.6 Å². The van der Waals surface area contributed by atoms with Gasteiger partial charge in [0.05, 0.1) is 18.8 Å². The van der Waals surface area contributed by atoms with Crippen molar-refractivity contribution >= 4 is 5.91 Å². The van der Waals surface area contributed by atoms with Crippen LogP contribution in [0.25, 0.3) is 11.1 Å². The van der Waals surface area contributed by atoms with E-state index in [1.165, 1.54) is 30.4 Å². The van der Waals surface area contributed by atoms with Gasteiger partial charge < -0.3 is 25.0 Å². The zero-order valence-corrected chi connectivity index (χ0v) is 23.1. The van der Waals surface area contributed by atoms with Crippen LogP contribution >= 0.6 is 0 Å². The number of ether oxygens (including phenoxy) is 2. The maximum Gasteiger partial charge on any atom is 0.251 e. The molecule has 1 amide bonds. The Morgan fingerprint density at radius 1 is 1.26 bits per heavy atom. The molecule has 2 aliphatic heterocycles. The third kappa shape index (κ3) is 5.87. The number of likely N-dealkylation sites (tertiary alicyclic amines) is 1. The highest BCUT2D eigenvalue weighted by Gasteiger charge is 2.40. The molecule has 2 N–H and O–H groups in total. The molecule has 3 aliphatic rings. The average Bonchev–Trinajstić information content (AvgIpc) is 3.17. The van der Waals surface area contributed by atoms with Crippen LogP contribution in [0.3, 0.4) is 0 Å². The molecule has 0 bridgehead atoms. The van der Waals surface area contributed by atoms with E-state index in [9.17, 15) is 10.1 Å². The lowest BCUT2D eigenvalue weighted by atomic mass is 9.73. The van der Waals surface area contributed by atoms with E-state index in [0.29, 0.717) is 12.1 Å². The minimum atomic E-state index is -0.871. The first-order valence-corrected chi connectivity index (χ1v) is 14.0. The van der Waals surface area contributed by atoms with Gasteiger partial charge in [-0.15, -0.1) is 0 Å². The van der Waals surface area contributed by atoms with Gasteiger partial charge in [0, 0.05) is 26.1 Å². The summed E-state index contributed by atoms with van der Waals surface area (Å²) in [6.45, 7) is 4.78. The number of hydrogen-bond acceptors (Lipinski definition) is 6. The molecule has 1 aliphatic carbocycles. The maximum absolute atomic E-state index is 15.3. The number of carbonyl (C=O) groups excluding carboxylic acids is 1. The minimum absolute atomic E-state index is 0.0350. The smallest absolute Gasteiger partial charge is 0.251 e. The van der Waals surface area contributed by atoms with Crippen molar-refractivity contribution in [3.63, 3.8) is 0 Å². The summed E-state index contributed by atoms with van der Waals surface area (Å²) in [4.78, 5) is 15.2. The summed E-state index contributed by atoms with van der Waals surface area (Å²) in [5.74, 6) is -0.767. The fraction of sp³-hybridized carbons (Fsp3) is 0.548. The topological polar surface area (TPSA) is 86.6 Å². The Morgan fingerprint density at radius 2 is 2.00 bits per heavy atom. The largest absolute Gasteiger partial charge is 0.377 e. The highest BCUT2D eigenvalue weighted by atomic mass is 19.1. The van der Waals surface area contributed by atoms with E-state index in [-0.39, 0.29) is 36.4 Å². The quantitative estimate of drug-likeness (QED) is 0.591. The summed E-state index contributed by atoms with van der Waals surface area (Å²) >= 11 is 0. The number of aryl methyl sites for hydroxylation is 1. The number of fused-ring (bicyclic) bond motifs is 2. The first kappa shape index (κ1) is 27.7. The highest BCUT2D eigenvalue weighted by molar-refractivity contribution is 5.81. The number of methoxy groups -OCH3 is 1. The van der Waals surface area contributed by atoms with Gasteiger partial charge in [-0.25, -0.2) is 4.39 Å². The molecule has 0 radical (unpaired) electrons. The van der Waals surface area contributed by atoms with Gasteiger partial charge in [-0.3, -0.25) is 4.79 Å². The number of halogens is 1. The second-order valence-corrected chi connectivity index (χ2v) is 11.4. The molecule has 2 unspecified atom stereocenters. The van der Waals surface area contributed by atoms with Gasteiger partial charge in [0.2, 0.25) is 0 Å². The minimum Gasteiger partial charge on any atom is -0.377 e. The molecule has 2 heterocycles. The van der Waals surface area contributed by atoms with Gasteiger partial charge in [-0.05, 0) is 92.0 Å². The molecule has 2 aromatic rings. The van der Waals surface area contributed by atoms with Gasteiger partial charge in [-0.1, -0.05) is 30.3 Å². The van der Waals surface area contributed by atoms with Crippen LogP contribution in [0.4, 0.5) is 4.39 Å². The van der Waals surface area contributed by atoms with Gasteiger partial charge in [-0.2, -0.15) is 5.26 Å². The molecule has 1 spiro atoms. The van der Waals surface area contributed by atoms with Crippen LogP contribution in [-0.2, 0) is 32.5 Å². The van der Waals surface area contributed by atoms with Crippen molar-refractivity contribution in [3.8, 4) is 17.2 Å². The molecule has 5 rings (SSSR count). The number of nitrogens with one attached hydrogen (secondary N) is 2. The van der Waals surface area contributed by atoms with Crippen molar-refractivity contribution < 1.29 is 18.7 Å². The second kappa shape index (κ2) is 11.7. The van der Waals surface area contributed by atoms with Crippen molar-refractivity contribution in [3.05, 3.63) is 58.9 Å². The Bertz CT molecular complexity index is 1240. The predicted molar refractivity (Wildman–Crippen MR) is 148 cm³/mol. The number of hydrogen-bond donors (Lipinski definition) is 2. The van der Waals surface area contributed by atoms with Crippen LogP contribution in [0.2, 0.25) is 0 Å². The Kier molecular flexibility index (Phi) is 8.34. The number of rotatable bonds is 6. The Hall–Kier alpha value is -2.83. The fourth-order valence-electron chi connectivity index (χ4n) is 6.33. The summed E-state index contributed by atoms with van der Waals surface area (Å²) in [6.07, 6.45) is 3.81. The molecular formula is C31H39FN4O3. The maximum atomic E-state index is 15.3. The lowest BCUT2D eigenvalue weighted by molar-refractivity contribution is -0.133. The standard InChI is InChI=1S/C31H39FN4O3/c1-20-29(38-3)19-39-28(18-34-20)30(37)35-25(17-33)14-24-7-6-23(16-27(24)32)22-5-4-21-8-9-31(26(21)15-22)10-12-36(2)13-11-31/h4-7,15-16,20,25,28-29,34H,8-14,18-19H2,1-3H3,(H,35,37)/t20?,25-,28-,29?/m0/s1. The van der Waals surface area contributed by atoms with Crippen molar-refractivity contribution in [2.24, 2.45) is 0 Å². The third-order valence-electron chi connectivity index (χ3n) is 9.02. The molecule has 7 nitrogen and oxygen atoms in total. The van der Waals surface area contributed by atoms with Crippen LogP contribution < -0.4 is 10.6 Å². The Labute approximate surface area is 230 Å². The van der Waals surface area contributed by atoms with Crippen LogP contribution in [-0.4, -0.2) is 75.5 Å². The lowest BCUT2D eigenvalue weighted by Gasteiger charge is -2.39. The lowest BCUT2D eigenvalue weighted by Crippen LogP contribution is -2.46. The second-order valence-electron chi connectivity index (χ2n) is 11.4. The first-order chi connectivity index (χ1) is 18.8. The molecule has 2 aromatic carbocycles. The number of nitriles is 1. The molecule has 208 valence electrons. The average molecular weight is 535 g/mol. The van der Waals surface area contributed by atoms with E-state index < -0.39 is 18.1 Å². The fourth-order valence-corrected chi connectivity index (χ4v) is 6.33. The van der Waals surface area contributed by atoms with E-state index in [2.05, 4.69) is 46.8 Å². The van der Waals surface area contributed by atoms with Gasteiger partial charge in [0.15, 0.2) is 0 Å². The molecule has 4 atom stereocenters. The summed E-state index contributed by atoms with van der Waals surface area (Å²) < 4.78 is 26.4. The molecule has 8 heteroatoms. The van der Waals surface area contributed by atoms with E-state index in [1.807, 2.05) is 13.0 Å². The number of carbonyl (C=O) groups is 1. The third-order valence-corrected chi connectivity index (χ3v) is 9.02. The molecule has 2 saturated heterocycles. The molecule has 2 fully saturated rings. The SMILES string of the molecule is COC1CO[C@H](C(=O)N[C@H](C#N)Cc2ccc(-c3ccc4c(c3)C3(CC4)CCN(C)CC3)cc2F)CNC1C. The zero-order chi connectivity index (χ0) is 27.6. The van der Waals surface area contributed by atoms with E-state index >= 15 is 4.39 Å². The van der Waals surface area contributed by atoms with Crippen LogP contribution in [0.15, 0.2) is 36.4 Å². The number of nitrogens with zero attached hydrogens (tertiary/aromatic N) is 2. The molecular weight excluding hydrogens is 495 g/mol. The molecule has 0 saturated carbocycles. The highest BCUT2D eigenvalue weighted by Crippen LogP contribution is 2.47.